The van der Waals surface area contributed by atoms with Gasteiger partial charge < -0.3 is 0 Å². The van der Waals surface area contributed by atoms with Gasteiger partial charge >= 0.3 is 0 Å². The Balaban J connectivity index is 1.42. The van der Waals surface area contributed by atoms with Gasteiger partial charge in [0.15, 0.2) is 0 Å². The molecule has 4 fully saturated rings. The molecule has 0 aromatic heterocycles. The molecule has 26 heavy (non-hydrogen) atoms. The molecule has 3 aliphatic carbocycles. The number of rotatable bonds is 3. The van der Waals surface area contributed by atoms with Gasteiger partial charge in [-0.05, 0) is 94.6 Å². The number of hydrogen-bond donors (Lipinski definition) is 0. The van der Waals surface area contributed by atoms with Crippen molar-refractivity contribution >= 4 is 5.91 Å². The van der Waals surface area contributed by atoms with Gasteiger partial charge in [-0.25, -0.2) is 0 Å². The minimum atomic E-state index is -0.372. The first-order valence-corrected chi connectivity index (χ1v) is 10.5. The lowest BCUT2D eigenvalue weighted by Gasteiger charge is -2.59. The van der Waals surface area contributed by atoms with E-state index in [0.29, 0.717) is 11.9 Å². The van der Waals surface area contributed by atoms with E-state index in [2.05, 4.69) is 55.9 Å². The van der Waals surface area contributed by atoms with E-state index >= 15 is 0 Å². The predicted octanol–water partition coefficient (Wildman–Crippen LogP) is 4.47. The second-order valence-electron chi connectivity index (χ2n) is 9.99. The highest BCUT2D eigenvalue weighted by atomic mass is 16.2. The zero-order valence-electron chi connectivity index (χ0n) is 16.7. The maximum atomic E-state index is 13.1. The number of aryl methyl sites for hydroxylation is 2. The fourth-order valence-corrected chi connectivity index (χ4v) is 6.47. The first-order valence-electron chi connectivity index (χ1n) is 10.5. The van der Waals surface area contributed by atoms with E-state index in [9.17, 15) is 4.79 Å². The van der Waals surface area contributed by atoms with Gasteiger partial charge in [-0.3, -0.25) is 9.80 Å². The number of carbonyl (C=O) groups is 1. The van der Waals surface area contributed by atoms with Crippen LogP contribution in [0.25, 0.3) is 0 Å². The summed E-state index contributed by atoms with van der Waals surface area (Å²) < 4.78 is 0. The molecule has 0 spiro atoms. The molecule has 3 nitrogen and oxygen atoms in total. The third kappa shape index (κ3) is 2.25. The van der Waals surface area contributed by atoms with E-state index in [1.165, 1.54) is 48.8 Å². The molecule has 3 heteroatoms. The number of hydrazine groups is 1. The summed E-state index contributed by atoms with van der Waals surface area (Å²) in [6.07, 6.45) is 6.77. The summed E-state index contributed by atoms with van der Waals surface area (Å²) >= 11 is 0. The maximum absolute atomic E-state index is 13.1. The molecule has 140 valence electrons. The Morgan fingerprint density at radius 2 is 1.81 bits per heavy atom. The highest BCUT2D eigenvalue weighted by Gasteiger charge is 2.59. The Morgan fingerprint density at radius 1 is 1.04 bits per heavy atom. The summed E-state index contributed by atoms with van der Waals surface area (Å²) in [6.45, 7) is 9.40. The molecular weight excluding hydrogens is 320 g/mol. The van der Waals surface area contributed by atoms with Crippen molar-refractivity contribution in [3.8, 4) is 0 Å². The highest BCUT2D eigenvalue weighted by molar-refractivity contribution is 5.90. The van der Waals surface area contributed by atoms with Crippen LogP contribution in [0.4, 0.5) is 0 Å². The molecule has 1 saturated heterocycles. The van der Waals surface area contributed by atoms with Crippen LogP contribution in [-0.4, -0.2) is 27.5 Å². The Morgan fingerprint density at radius 3 is 2.62 bits per heavy atom. The first-order chi connectivity index (χ1) is 12.4. The molecule has 1 aliphatic heterocycles. The van der Waals surface area contributed by atoms with Crippen LogP contribution in [-0.2, 0) is 11.3 Å². The average molecular weight is 353 g/mol. The number of fused-ring (bicyclic) bond motifs is 1. The number of benzene rings is 1. The summed E-state index contributed by atoms with van der Waals surface area (Å²) in [5.41, 5.74) is 3.61. The van der Waals surface area contributed by atoms with Crippen LogP contribution in [0.3, 0.4) is 0 Å². The van der Waals surface area contributed by atoms with Crippen molar-refractivity contribution in [1.82, 2.24) is 10.0 Å². The minimum Gasteiger partial charge on any atom is -0.271 e. The lowest BCUT2D eigenvalue weighted by Crippen LogP contribution is -2.77. The largest absolute Gasteiger partial charge is 0.271 e. The first kappa shape index (κ1) is 16.8. The van der Waals surface area contributed by atoms with Gasteiger partial charge in [0.1, 0.15) is 5.54 Å². The average Bonchev–Trinajstić information content (AvgIpc) is 2.83. The minimum absolute atomic E-state index is 0.340. The van der Waals surface area contributed by atoms with Gasteiger partial charge in [-0.1, -0.05) is 23.8 Å². The van der Waals surface area contributed by atoms with Crippen molar-refractivity contribution in [1.29, 1.82) is 0 Å². The SMILES string of the molecule is Cc1ccc(C)c(CN2N(C3CCC4CC5CC3CC45)C(=O)C2(C)C)c1. The van der Waals surface area contributed by atoms with Crippen molar-refractivity contribution in [3.05, 3.63) is 34.9 Å². The lowest BCUT2D eigenvalue weighted by atomic mass is 9.64. The molecule has 5 atom stereocenters. The Bertz CT molecular complexity index is 755. The number of hydrogen-bond acceptors (Lipinski definition) is 2. The molecule has 3 saturated carbocycles. The van der Waals surface area contributed by atoms with E-state index in [4.69, 9.17) is 0 Å². The third-order valence-electron chi connectivity index (χ3n) is 8.15. The number of nitrogens with zero attached hydrogens (tertiary/aromatic N) is 2. The standard InChI is InChI=1S/C23H32N2O/c1-14-5-6-15(2)19(9-14)13-24-23(3,4)22(26)25(24)21-8-7-16-10-17-11-18(21)12-20(16)17/h5-6,9,16-18,20-21H,7-8,10-13H2,1-4H3. The Labute approximate surface area is 157 Å². The van der Waals surface area contributed by atoms with Gasteiger partial charge in [-0.15, -0.1) is 0 Å². The summed E-state index contributed by atoms with van der Waals surface area (Å²) in [4.78, 5) is 13.1. The molecule has 0 N–H and O–H groups in total. The van der Waals surface area contributed by atoms with E-state index in [1.807, 2.05) is 0 Å². The maximum Gasteiger partial charge on any atom is 0.258 e. The second kappa shape index (κ2) is 5.58. The van der Waals surface area contributed by atoms with Crippen LogP contribution >= 0.6 is 0 Å². The molecule has 5 unspecified atom stereocenters. The smallest absolute Gasteiger partial charge is 0.258 e. The molecule has 1 aromatic carbocycles. The van der Waals surface area contributed by atoms with Gasteiger partial charge in [-0.2, -0.15) is 5.01 Å². The van der Waals surface area contributed by atoms with Gasteiger partial charge in [0.2, 0.25) is 0 Å². The monoisotopic (exact) mass is 352 g/mol. The molecule has 0 radical (unpaired) electrons. The molecule has 2 bridgehead atoms. The Kier molecular flexibility index (Phi) is 3.60. The van der Waals surface area contributed by atoms with Crippen LogP contribution in [0, 0.1) is 37.5 Å². The zero-order valence-corrected chi connectivity index (χ0v) is 16.7. The summed E-state index contributed by atoms with van der Waals surface area (Å²) in [6, 6.07) is 7.13. The van der Waals surface area contributed by atoms with Crippen molar-refractivity contribution in [2.75, 3.05) is 0 Å². The topological polar surface area (TPSA) is 23.6 Å². The predicted molar refractivity (Wildman–Crippen MR) is 103 cm³/mol. The highest BCUT2D eigenvalue weighted by Crippen LogP contribution is 2.59. The van der Waals surface area contributed by atoms with Crippen LogP contribution in [0.1, 0.15) is 62.6 Å². The third-order valence-corrected chi connectivity index (χ3v) is 8.15. The second-order valence-corrected chi connectivity index (χ2v) is 9.99. The molecule has 1 aromatic rings. The van der Waals surface area contributed by atoms with Gasteiger partial charge in [0.25, 0.3) is 5.91 Å². The molecule has 5 rings (SSSR count). The van der Waals surface area contributed by atoms with Crippen molar-refractivity contribution in [2.45, 2.75) is 77.9 Å². The molecule has 1 amide bonds. The van der Waals surface area contributed by atoms with E-state index in [0.717, 1.165) is 30.2 Å². The lowest BCUT2D eigenvalue weighted by molar-refractivity contribution is -0.234. The summed E-state index contributed by atoms with van der Waals surface area (Å²) in [5, 5.41) is 4.58. The quantitative estimate of drug-likeness (QED) is 0.801. The van der Waals surface area contributed by atoms with E-state index < -0.39 is 0 Å². The van der Waals surface area contributed by atoms with Crippen molar-refractivity contribution in [3.63, 3.8) is 0 Å². The van der Waals surface area contributed by atoms with Crippen molar-refractivity contribution in [2.24, 2.45) is 23.7 Å². The molecule has 4 aliphatic rings. The van der Waals surface area contributed by atoms with E-state index in [1.54, 1.807) is 0 Å². The van der Waals surface area contributed by atoms with Crippen LogP contribution in [0.5, 0.6) is 0 Å². The fourth-order valence-electron chi connectivity index (χ4n) is 6.47. The molecular formula is C23H32N2O. The van der Waals surface area contributed by atoms with Gasteiger partial charge in [0.05, 0.1) is 6.04 Å². The number of carbonyl (C=O) groups excluding carboxylic acids is 1. The van der Waals surface area contributed by atoms with Crippen LogP contribution < -0.4 is 0 Å². The number of amides is 1. The summed E-state index contributed by atoms with van der Waals surface area (Å²) in [7, 11) is 0. The fraction of sp³-hybridized carbons (Fsp3) is 0.696. The Hall–Kier alpha value is -1.35. The van der Waals surface area contributed by atoms with Crippen LogP contribution in [0.15, 0.2) is 18.2 Å². The van der Waals surface area contributed by atoms with Crippen LogP contribution in [0.2, 0.25) is 0 Å². The molecule has 1 heterocycles. The van der Waals surface area contributed by atoms with Crippen molar-refractivity contribution < 1.29 is 4.79 Å². The van der Waals surface area contributed by atoms with Gasteiger partial charge in [0, 0.05) is 6.54 Å². The zero-order chi connectivity index (χ0) is 18.2. The summed E-state index contributed by atoms with van der Waals surface area (Å²) in [5.74, 6) is 4.00. The normalized spacial score (nSPS) is 37.9. The van der Waals surface area contributed by atoms with E-state index in [-0.39, 0.29) is 5.54 Å².